The molecule has 0 aliphatic rings. The zero-order valence-corrected chi connectivity index (χ0v) is 10.7. The molecule has 0 fully saturated rings. The predicted octanol–water partition coefficient (Wildman–Crippen LogP) is 3.83. The average molecular weight is 313 g/mol. The molecule has 1 unspecified atom stereocenters. The van der Waals surface area contributed by atoms with Crippen molar-refractivity contribution < 1.29 is 23.0 Å². The lowest BCUT2D eigenvalue weighted by molar-refractivity contribution is -0.140. The Morgan fingerprint density at radius 3 is 2.59 bits per heavy atom. The molecule has 0 aliphatic carbocycles. The standard InChI is InChI=1S/C11H12BrF3O2/c1-17-10-3-2-7(12)6-8(10)9(16)4-5-11(13,14)15/h2-3,6,9,16H,4-5H2,1H3. The fraction of sp³-hybridized carbons (Fsp3) is 0.455. The Hall–Kier alpha value is -0.750. The first-order chi connectivity index (χ1) is 7.83. The van der Waals surface area contributed by atoms with E-state index in [0.29, 0.717) is 15.8 Å². The van der Waals surface area contributed by atoms with E-state index >= 15 is 0 Å². The van der Waals surface area contributed by atoms with Crippen molar-refractivity contribution in [1.82, 2.24) is 0 Å². The first-order valence-electron chi connectivity index (χ1n) is 4.92. The van der Waals surface area contributed by atoms with E-state index in [0.717, 1.165) is 0 Å². The minimum atomic E-state index is -4.26. The van der Waals surface area contributed by atoms with Crippen molar-refractivity contribution in [2.45, 2.75) is 25.1 Å². The first-order valence-corrected chi connectivity index (χ1v) is 5.71. The van der Waals surface area contributed by atoms with E-state index in [2.05, 4.69) is 15.9 Å². The Morgan fingerprint density at radius 1 is 1.41 bits per heavy atom. The molecule has 0 aromatic heterocycles. The van der Waals surface area contributed by atoms with Crippen molar-refractivity contribution in [3.8, 4) is 5.75 Å². The van der Waals surface area contributed by atoms with Gasteiger partial charge in [-0.1, -0.05) is 15.9 Å². The summed E-state index contributed by atoms with van der Waals surface area (Å²) in [6, 6.07) is 4.84. The van der Waals surface area contributed by atoms with E-state index in [9.17, 15) is 18.3 Å². The van der Waals surface area contributed by atoms with Gasteiger partial charge in [0.25, 0.3) is 0 Å². The highest BCUT2D eigenvalue weighted by molar-refractivity contribution is 9.10. The maximum atomic E-state index is 12.0. The van der Waals surface area contributed by atoms with Gasteiger partial charge in [0, 0.05) is 16.5 Å². The number of aliphatic hydroxyl groups excluding tert-OH is 1. The number of methoxy groups -OCH3 is 1. The van der Waals surface area contributed by atoms with Gasteiger partial charge in [-0.3, -0.25) is 0 Å². The third-order valence-electron chi connectivity index (χ3n) is 2.25. The van der Waals surface area contributed by atoms with Crippen LogP contribution in [0.2, 0.25) is 0 Å². The fourth-order valence-corrected chi connectivity index (χ4v) is 1.80. The number of benzene rings is 1. The highest BCUT2D eigenvalue weighted by atomic mass is 79.9. The lowest BCUT2D eigenvalue weighted by Gasteiger charge is -2.16. The zero-order chi connectivity index (χ0) is 13.1. The summed E-state index contributed by atoms with van der Waals surface area (Å²) >= 11 is 3.20. The highest BCUT2D eigenvalue weighted by Crippen LogP contribution is 2.33. The second kappa shape index (κ2) is 5.73. The van der Waals surface area contributed by atoms with Gasteiger partial charge in [-0.05, 0) is 24.6 Å². The molecule has 0 bridgehead atoms. The minimum absolute atomic E-state index is 0.353. The van der Waals surface area contributed by atoms with E-state index in [1.54, 1.807) is 18.2 Å². The first kappa shape index (κ1) is 14.3. The summed E-state index contributed by atoms with van der Waals surface area (Å²) in [6.45, 7) is 0. The number of alkyl halides is 3. The summed E-state index contributed by atoms with van der Waals surface area (Å²) in [5, 5.41) is 9.72. The van der Waals surface area contributed by atoms with Gasteiger partial charge in [0.1, 0.15) is 5.75 Å². The third-order valence-corrected chi connectivity index (χ3v) is 2.75. The molecule has 1 aromatic carbocycles. The van der Waals surface area contributed by atoms with E-state index in [1.165, 1.54) is 7.11 Å². The van der Waals surface area contributed by atoms with Gasteiger partial charge in [0.2, 0.25) is 0 Å². The molecule has 0 amide bonds. The number of hydrogen-bond donors (Lipinski definition) is 1. The van der Waals surface area contributed by atoms with Crippen LogP contribution in [0.15, 0.2) is 22.7 Å². The molecule has 1 rings (SSSR count). The van der Waals surface area contributed by atoms with Gasteiger partial charge in [-0.25, -0.2) is 0 Å². The van der Waals surface area contributed by atoms with Crippen LogP contribution in [0.3, 0.4) is 0 Å². The van der Waals surface area contributed by atoms with Gasteiger partial charge < -0.3 is 9.84 Å². The number of halogens is 4. The van der Waals surface area contributed by atoms with E-state index in [1.807, 2.05) is 0 Å². The van der Waals surface area contributed by atoms with E-state index < -0.39 is 18.7 Å². The quantitative estimate of drug-likeness (QED) is 0.915. The zero-order valence-electron chi connectivity index (χ0n) is 9.09. The predicted molar refractivity (Wildman–Crippen MR) is 60.9 cm³/mol. The molecular formula is C11H12BrF3O2. The van der Waals surface area contributed by atoms with Gasteiger partial charge in [-0.2, -0.15) is 13.2 Å². The molecule has 96 valence electrons. The number of ether oxygens (including phenoxy) is 1. The number of hydrogen-bond acceptors (Lipinski definition) is 2. The van der Waals surface area contributed by atoms with Crippen molar-refractivity contribution in [3.05, 3.63) is 28.2 Å². The molecule has 1 aromatic rings. The lowest BCUT2D eigenvalue weighted by Crippen LogP contribution is -2.10. The summed E-state index contributed by atoms with van der Waals surface area (Å²) in [4.78, 5) is 0. The highest BCUT2D eigenvalue weighted by Gasteiger charge is 2.28. The molecule has 0 aliphatic heterocycles. The summed E-state index contributed by atoms with van der Waals surface area (Å²) in [7, 11) is 1.41. The van der Waals surface area contributed by atoms with Crippen LogP contribution in [0.4, 0.5) is 13.2 Å². The lowest BCUT2D eigenvalue weighted by atomic mass is 10.0. The molecule has 0 radical (unpaired) electrons. The third kappa shape index (κ3) is 4.55. The van der Waals surface area contributed by atoms with Crippen molar-refractivity contribution in [3.63, 3.8) is 0 Å². The topological polar surface area (TPSA) is 29.5 Å². The van der Waals surface area contributed by atoms with Gasteiger partial charge >= 0.3 is 6.18 Å². The van der Waals surface area contributed by atoms with Crippen LogP contribution in [0.5, 0.6) is 5.75 Å². The van der Waals surface area contributed by atoms with Gasteiger partial charge in [-0.15, -0.1) is 0 Å². The monoisotopic (exact) mass is 312 g/mol. The average Bonchev–Trinajstić information content (AvgIpc) is 2.25. The molecule has 2 nitrogen and oxygen atoms in total. The largest absolute Gasteiger partial charge is 0.496 e. The van der Waals surface area contributed by atoms with Crippen molar-refractivity contribution >= 4 is 15.9 Å². The Balaban J connectivity index is 2.80. The van der Waals surface area contributed by atoms with Crippen LogP contribution in [-0.2, 0) is 0 Å². The summed E-state index contributed by atoms with van der Waals surface area (Å²) in [5.74, 6) is 0.378. The second-order valence-corrected chi connectivity index (χ2v) is 4.47. The molecule has 17 heavy (non-hydrogen) atoms. The Kier molecular flexibility index (Phi) is 4.82. The van der Waals surface area contributed by atoms with Crippen LogP contribution in [0.1, 0.15) is 24.5 Å². The molecule has 0 heterocycles. The van der Waals surface area contributed by atoms with Crippen molar-refractivity contribution in [1.29, 1.82) is 0 Å². The molecule has 1 atom stereocenters. The number of aliphatic hydroxyl groups is 1. The number of rotatable bonds is 4. The molecule has 6 heteroatoms. The summed E-state index contributed by atoms with van der Waals surface area (Å²) in [5.41, 5.74) is 0.353. The summed E-state index contributed by atoms with van der Waals surface area (Å²) < 4.78 is 41.8. The smallest absolute Gasteiger partial charge is 0.389 e. The fourth-order valence-electron chi connectivity index (χ4n) is 1.42. The van der Waals surface area contributed by atoms with Crippen molar-refractivity contribution in [2.24, 2.45) is 0 Å². The van der Waals surface area contributed by atoms with Crippen LogP contribution in [-0.4, -0.2) is 18.4 Å². The van der Waals surface area contributed by atoms with Crippen LogP contribution in [0.25, 0.3) is 0 Å². The molecular weight excluding hydrogens is 301 g/mol. The molecule has 0 saturated carbocycles. The van der Waals surface area contributed by atoms with E-state index in [4.69, 9.17) is 4.74 Å². The summed E-state index contributed by atoms with van der Waals surface area (Å²) in [6.07, 6.45) is -6.86. The maximum Gasteiger partial charge on any atom is 0.389 e. The maximum absolute atomic E-state index is 12.0. The van der Waals surface area contributed by atoms with Crippen molar-refractivity contribution in [2.75, 3.05) is 7.11 Å². The Bertz CT molecular complexity index is 379. The molecule has 0 spiro atoms. The van der Waals surface area contributed by atoms with Crippen LogP contribution in [0, 0.1) is 0 Å². The van der Waals surface area contributed by atoms with E-state index in [-0.39, 0.29) is 6.42 Å². The minimum Gasteiger partial charge on any atom is -0.496 e. The van der Waals surface area contributed by atoms with Gasteiger partial charge in [0.05, 0.1) is 13.2 Å². The SMILES string of the molecule is COc1ccc(Br)cc1C(O)CCC(F)(F)F. The van der Waals surface area contributed by atoms with Crippen LogP contribution >= 0.6 is 15.9 Å². The van der Waals surface area contributed by atoms with Gasteiger partial charge in [0.15, 0.2) is 0 Å². The molecule has 1 N–H and O–H groups in total. The Morgan fingerprint density at radius 2 is 2.06 bits per heavy atom. The Labute approximate surface area is 106 Å². The second-order valence-electron chi connectivity index (χ2n) is 3.56. The molecule has 0 saturated heterocycles. The van der Waals surface area contributed by atoms with Crippen LogP contribution < -0.4 is 4.74 Å². The normalized spacial score (nSPS) is 13.5.